The van der Waals surface area contributed by atoms with E-state index in [1.165, 1.54) is 31.2 Å². The summed E-state index contributed by atoms with van der Waals surface area (Å²) >= 11 is 0. The molecule has 24 heavy (non-hydrogen) atoms. The van der Waals surface area contributed by atoms with E-state index < -0.39 is 0 Å². The third kappa shape index (κ3) is 4.23. The highest BCUT2D eigenvalue weighted by atomic mass is 127. The van der Waals surface area contributed by atoms with Crippen molar-refractivity contribution in [3.63, 3.8) is 0 Å². The smallest absolute Gasteiger partial charge is 0.193 e. The van der Waals surface area contributed by atoms with E-state index in [1.54, 1.807) is 7.11 Å². The van der Waals surface area contributed by atoms with Crippen molar-refractivity contribution in [1.29, 1.82) is 0 Å². The topological polar surface area (TPSA) is 36.9 Å². The Hall–Kier alpha value is -0.820. The number of rotatable bonds is 5. The number of nitrogens with zero attached hydrogens (tertiary/aromatic N) is 2. The normalized spacial score (nSPS) is 22.7. The standard InChI is InChI=1S/C19H29N3O.HI/c1-20-18(22-12-9-16(13-22)14-23-2)21-15-19(10-6-11-19)17-7-4-3-5-8-17;/h3-5,7-8,16H,6,9-15H2,1-2H3,(H,20,21);1H. The molecule has 2 fully saturated rings. The van der Waals surface area contributed by atoms with Crippen LogP contribution in [0.3, 0.4) is 0 Å². The van der Waals surface area contributed by atoms with E-state index >= 15 is 0 Å². The van der Waals surface area contributed by atoms with E-state index in [0.717, 1.165) is 32.2 Å². The average Bonchev–Trinajstić information content (AvgIpc) is 3.00. The summed E-state index contributed by atoms with van der Waals surface area (Å²) in [5.74, 6) is 1.68. The van der Waals surface area contributed by atoms with E-state index in [4.69, 9.17) is 4.74 Å². The van der Waals surface area contributed by atoms with Gasteiger partial charge in [-0.3, -0.25) is 4.99 Å². The average molecular weight is 443 g/mol. The Morgan fingerprint density at radius 2 is 2.08 bits per heavy atom. The van der Waals surface area contributed by atoms with Crippen LogP contribution in [-0.2, 0) is 10.2 Å². The van der Waals surface area contributed by atoms with Gasteiger partial charge in [0.1, 0.15) is 0 Å². The minimum absolute atomic E-state index is 0. The highest BCUT2D eigenvalue weighted by Crippen LogP contribution is 2.43. The molecule has 1 unspecified atom stereocenters. The number of aliphatic imine (C=N–C) groups is 1. The molecule has 1 atom stereocenters. The number of nitrogens with one attached hydrogen (secondary N) is 1. The summed E-state index contributed by atoms with van der Waals surface area (Å²) in [5.41, 5.74) is 1.76. The van der Waals surface area contributed by atoms with E-state index in [-0.39, 0.29) is 24.0 Å². The highest BCUT2D eigenvalue weighted by Gasteiger charge is 2.39. The Morgan fingerprint density at radius 3 is 2.67 bits per heavy atom. The van der Waals surface area contributed by atoms with Crippen LogP contribution in [0.1, 0.15) is 31.2 Å². The Bertz CT molecular complexity index is 531. The van der Waals surface area contributed by atoms with Gasteiger partial charge in [-0.2, -0.15) is 0 Å². The molecule has 1 N–H and O–H groups in total. The molecule has 1 saturated carbocycles. The maximum atomic E-state index is 5.30. The molecule has 2 aliphatic rings. The molecule has 0 amide bonds. The van der Waals surface area contributed by atoms with Crippen LogP contribution in [0.4, 0.5) is 0 Å². The summed E-state index contributed by atoms with van der Waals surface area (Å²) in [6.07, 6.45) is 5.06. The van der Waals surface area contributed by atoms with Gasteiger partial charge in [0.25, 0.3) is 0 Å². The lowest BCUT2D eigenvalue weighted by molar-refractivity contribution is 0.157. The SMILES string of the molecule is CN=C(NCC1(c2ccccc2)CCC1)N1CCC(COC)C1.I. The van der Waals surface area contributed by atoms with Gasteiger partial charge in [-0.25, -0.2) is 0 Å². The lowest BCUT2D eigenvalue weighted by Gasteiger charge is -2.43. The highest BCUT2D eigenvalue weighted by molar-refractivity contribution is 14.0. The molecule has 4 nitrogen and oxygen atoms in total. The molecule has 0 radical (unpaired) electrons. The fraction of sp³-hybridized carbons (Fsp3) is 0.632. The van der Waals surface area contributed by atoms with Gasteiger partial charge in [-0.05, 0) is 24.8 Å². The lowest BCUT2D eigenvalue weighted by atomic mass is 9.64. The minimum Gasteiger partial charge on any atom is -0.384 e. The largest absolute Gasteiger partial charge is 0.384 e. The number of benzene rings is 1. The lowest BCUT2D eigenvalue weighted by Crippen LogP contribution is -2.49. The van der Waals surface area contributed by atoms with Crippen molar-refractivity contribution in [2.45, 2.75) is 31.1 Å². The number of halogens is 1. The Balaban J connectivity index is 0.00000208. The van der Waals surface area contributed by atoms with Crippen molar-refractivity contribution in [2.24, 2.45) is 10.9 Å². The van der Waals surface area contributed by atoms with Crippen molar-refractivity contribution in [3.05, 3.63) is 35.9 Å². The van der Waals surface area contributed by atoms with Gasteiger partial charge in [-0.15, -0.1) is 24.0 Å². The van der Waals surface area contributed by atoms with Gasteiger partial charge in [0.2, 0.25) is 0 Å². The number of ether oxygens (including phenoxy) is 1. The first-order valence-corrected chi connectivity index (χ1v) is 8.77. The van der Waals surface area contributed by atoms with E-state index in [0.29, 0.717) is 11.3 Å². The van der Waals surface area contributed by atoms with Crippen molar-refractivity contribution in [3.8, 4) is 0 Å². The molecule has 5 heteroatoms. The molecule has 134 valence electrons. The number of hydrogen-bond acceptors (Lipinski definition) is 2. The summed E-state index contributed by atoms with van der Waals surface area (Å²) in [6.45, 7) is 3.95. The van der Waals surface area contributed by atoms with E-state index in [1.807, 2.05) is 7.05 Å². The molecule has 1 aromatic rings. The first-order chi connectivity index (χ1) is 11.3. The zero-order chi connectivity index (χ0) is 16.1. The third-order valence-electron chi connectivity index (χ3n) is 5.48. The van der Waals surface area contributed by atoms with Crippen LogP contribution in [0, 0.1) is 5.92 Å². The van der Waals surface area contributed by atoms with Crippen LogP contribution in [0.5, 0.6) is 0 Å². The van der Waals surface area contributed by atoms with Crippen molar-refractivity contribution >= 4 is 29.9 Å². The number of guanidine groups is 1. The summed E-state index contributed by atoms with van der Waals surface area (Å²) in [6, 6.07) is 10.9. The Labute approximate surface area is 163 Å². The van der Waals surface area contributed by atoms with Gasteiger partial charge in [-0.1, -0.05) is 36.8 Å². The molecule has 1 saturated heterocycles. The second kappa shape index (κ2) is 9.04. The predicted molar refractivity (Wildman–Crippen MR) is 110 cm³/mol. The maximum Gasteiger partial charge on any atom is 0.193 e. The molecular formula is C19H30IN3O. The zero-order valence-corrected chi connectivity index (χ0v) is 17.2. The van der Waals surface area contributed by atoms with E-state index in [2.05, 4.69) is 45.5 Å². The second-order valence-electron chi connectivity index (χ2n) is 6.96. The summed E-state index contributed by atoms with van der Waals surface area (Å²) in [7, 11) is 3.68. The fourth-order valence-electron chi connectivity index (χ4n) is 3.94. The summed E-state index contributed by atoms with van der Waals surface area (Å²) in [5, 5.41) is 3.65. The Morgan fingerprint density at radius 1 is 1.33 bits per heavy atom. The molecule has 1 heterocycles. The van der Waals surface area contributed by atoms with Gasteiger partial charge in [0, 0.05) is 45.1 Å². The van der Waals surface area contributed by atoms with Gasteiger partial charge in [0.15, 0.2) is 5.96 Å². The van der Waals surface area contributed by atoms with Crippen LogP contribution >= 0.6 is 24.0 Å². The summed E-state index contributed by atoms with van der Waals surface area (Å²) < 4.78 is 5.30. The summed E-state index contributed by atoms with van der Waals surface area (Å²) in [4.78, 5) is 6.89. The fourth-order valence-corrected chi connectivity index (χ4v) is 3.94. The molecular weight excluding hydrogens is 413 g/mol. The number of likely N-dealkylation sites (tertiary alicyclic amines) is 1. The van der Waals surface area contributed by atoms with Crippen LogP contribution in [0.25, 0.3) is 0 Å². The molecule has 0 bridgehead atoms. The predicted octanol–water partition coefficient (Wildman–Crippen LogP) is 3.27. The van der Waals surface area contributed by atoms with E-state index in [9.17, 15) is 0 Å². The number of hydrogen-bond donors (Lipinski definition) is 1. The zero-order valence-electron chi connectivity index (χ0n) is 14.8. The molecule has 0 spiro atoms. The Kier molecular flexibility index (Phi) is 7.34. The quantitative estimate of drug-likeness (QED) is 0.431. The van der Waals surface area contributed by atoms with Gasteiger partial charge in [0.05, 0.1) is 6.61 Å². The van der Waals surface area contributed by atoms with Crippen LogP contribution in [0.2, 0.25) is 0 Å². The maximum absolute atomic E-state index is 5.30. The molecule has 1 aromatic carbocycles. The first-order valence-electron chi connectivity index (χ1n) is 8.77. The molecule has 0 aromatic heterocycles. The first kappa shape index (κ1) is 19.5. The van der Waals surface area contributed by atoms with Crippen molar-refractivity contribution in [1.82, 2.24) is 10.2 Å². The minimum atomic E-state index is 0. The van der Waals surface area contributed by atoms with Crippen LogP contribution < -0.4 is 5.32 Å². The van der Waals surface area contributed by atoms with Gasteiger partial charge >= 0.3 is 0 Å². The molecule has 1 aliphatic heterocycles. The van der Waals surface area contributed by atoms with Crippen LogP contribution in [0.15, 0.2) is 35.3 Å². The monoisotopic (exact) mass is 443 g/mol. The molecule has 1 aliphatic carbocycles. The van der Waals surface area contributed by atoms with Crippen molar-refractivity contribution < 1.29 is 4.74 Å². The molecule has 3 rings (SSSR count). The number of methoxy groups -OCH3 is 1. The van der Waals surface area contributed by atoms with Crippen molar-refractivity contribution in [2.75, 3.05) is 40.4 Å². The second-order valence-corrected chi connectivity index (χ2v) is 6.96. The third-order valence-corrected chi connectivity index (χ3v) is 5.48. The van der Waals surface area contributed by atoms with Gasteiger partial charge < -0.3 is 15.0 Å². The van der Waals surface area contributed by atoms with Crippen LogP contribution in [-0.4, -0.2) is 51.3 Å².